The predicted molar refractivity (Wildman–Crippen MR) is 118 cm³/mol. The van der Waals surface area contributed by atoms with Crippen LogP contribution in [0.15, 0.2) is 49.2 Å². The molecule has 1 aromatic carbocycles. The number of hydrogen-bond donors (Lipinski definition) is 0. The Balaban J connectivity index is 1.78. The number of para-hydroxylation sites is 1. The zero-order valence-corrected chi connectivity index (χ0v) is 18.3. The second-order valence-corrected chi connectivity index (χ2v) is 9.14. The van der Waals surface area contributed by atoms with Crippen molar-refractivity contribution in [3.63, 3.8) is 0 Å². The number of methoxy groups -OCH3 is 1. The largest absolute Gasteiger partial charge is 0.462 e. The van der Waals surface area contributed by atoms with Crippen molar-refractivity contribution in [1.29, 1.82) is 0 Å². The van der Waals surface area contributed by atoms with E-state index >= 15 is 0 Å². The van der Waals surface area contributed by atoms with Gasteiger partial charge >= 0.3 is 5.97 Å². The van der Waals surface area contributed by atoms with E-state index in [4.69, 9.17) is 9.47 Å². The molecule has 0 radical (unpaired) electrons. The molecule has 5 rings (SSSR count). The molecular formula is C25H33N2O3+. The summed E-state index contributed by atoms with van der Waals surface area (Å²) < 4.78 is 12.3. The highest BCUT2D eigenvalue weighted by Crippen LogP contribution is 2.53. The SMILES string of the molecule is C=C[C@@]1(C)C[N+]2(CC(=O)OCC)CC[C@H]1C[C@@H]2[C@@H](OC)c1ccnc2ccccc12. The summed E-state index contributed by atoms with van der Waals surface area (Å²) in [6.45, 7) is 11.0. The second-order valence-electron chi connectivity index (χ2n) is 9.14. The molecule has 1 aromatic heterocycles. The minimum Gasteiger partial charge on any atom is -0.462 e. The van der Waals surface area contributed by atoms with Crippen LogP contribution in [0.5, 0.6) is 0 Å². The van der Waals surface area contributed by atoms with Crippen LogP contribution in [0.3, 0.4) is 0 Å². The summed E-state index contributed by atoms with van der Waals surface area (Å²) >= 11 is 0. The van der Waals surface area contributed by atoms with Gasteiger partial charge < -0.3 is 14.0 Å². The Morgan fingerprint density at radius 1 is 1.40 bits per heavy atom. The fourth-order valence-corrected chi connectivity index (χ4v) is 6.03. The van der Waals surface area contributed by atoms with E-state index in [9.17, 15) is 4.79 Å². The van der Waals surface area contributed by atoms with Gasteiger partial charge in [0.05, 0.1) is 25.2 Å². The summed E-state index contributed by atoms with van der Waals surface area (Å²) in [5, 5.41) is 1.12. The minimum atomic E-state index is -0.122. The maximum absolute atomic E-state index is 12.7. The van der Waals surface area contributed by atoms with Gasteiger partial charge in [-0.05, 0) is 30.5 Å². The highest BCUT2D eigenvalue weighted by atomic mass is 16.5. The van der Waals surface area contributed by atoms with Gasteiger partial charge in [0.1, 0.15) is 12.1 Å². The number of pyridine rings is 1. The van der Waals surface area contributed by atoms with Crippen LogP contribution in [0.25, 0.3) is 10.9 Å². The predicted octanol–water partition coefficient (Wildman–Crippen LogP) is 4.29. The molecule has 3 fully saturated rings. The van der Waals surface area contributed by atoms with Crippen molar-refractivity contribution in [1.82, 2.24) is 4.98 Å². The van der Waals surface area contributed by atoms with E-state index in [0.717, 1.165) is 42.4 Å². The van der Waals surface area contributed by atoms with Crippen molar-refractivity contribution in [2.24, 2.45) is 11.3 Å². The van der Waals surface area contributed by atoms with E-state index in [-0.39, 0.29) is 23.5 Å². The van der Waals surface area contributed by atoms with E-state index in [2.05, 4.69) is 36.7 Å². The summed E-state index contributed by atoms with van der Waals surface area (Å²) in [6.07, 6.45) is 5.98. The number of ether oxygens (including phenoxy) is 2. The number of aromatic nitrogens is 1. The van der Waals surface area contributed by atoms with Crippen LogP contribution in [-0.4, -0.2) is 54.8 Å². The highest BCUT2D eigenvalue weighted by molar-refractivity contribution is 5.82. The summed E-state index contributed by atoms with van der Waals surface area (Å²) in [5.41, 5.74) is 2.16. The summed E-state index contributed by atoms with van der Waals surface area (Å²) in [4.78, 5) is 17.2. The number of nitrogens with zero attached hydrogens (tertiary/aromatic N) is 2. The lowest BCUT2D eigenvalue weighted by Gasteiger charge is -2.61. The summed E-state index contributed by atoms with van der Waals surface area (Å²) in [6, 6.07) is 10.5. The fourth-order valence-electron chi connectivity index (χ4n) is 6.03. The van der Waals surface area contributed by atoms with Crippen LogP contribution >= 0.6 is 0 Å². The number of piperidine rings is 3. The Bertz CT molecular complexity index is 940. The first-order valence-electron chi connectivity index (χ1n) is 11.0. The Labute approximate surface area is 179 Å². The van der Waals surface area contributed by atoms with Crippen LogP contribution < -0.4 is 0 Å². The van der Waals surface area contributed by atoms with Gasteiger partial charge in [-0.1, -0.05) is 31.2 Å². The second kappa shape index (κ2) is 8.12. The Hall–Kier alpha value is -2.24. The number of rotatable bonds is 7. The molecule has 5 nitrogen and oxygen atoms in total. The summed E-state index contributed by atoms with van der Waals surface area (Å²) in [7, 11) is 1.79. The Morgan fingerprint density at radius 2 is 2.20 bits per heavy atom. The zero-order chi connectivity index (χ0) is 21.4. The van der Waals surface area contributed by atoms with Crippen molar-refractivity contribution in [3.05, 3.63) is 54.7 Å². The molecule has 30 heavy (non-hydrogen) atoms. The molecule has 0 N–H and O–H groups in total. The molecule has 1 unspecified atom stereocenters. The van der Waals surface area contributed by atoms with Gasteiger partial charge in [-0.15, -0.1) is 6.58 Å². The standard InChI is InChI=1S/C25H33N2O3/c1-5-25(3)17-27(16-23(28)30-6-2)14-12-18(25)15-22(27)24(29-4)20-11-13-26-21-10-8-7-9-19(20)21/h5,7-11,13,18,22,24H,1,6,12,14-17H2,2-4H3/q+1/t18-,22+,24-,25-,27?/m0/s1. The van der Waals surface area contributed by atoms with Gasteiger partial charge in [-0.3, -0.25) is 4.98 Å². The lowest BCUT2D eigenvalue weighted by Crippen LogP contribution is -2.72. The summed E-state index contributed by atoms with van der Waals surface area (Å²) in [5.74, 6) is 0.427. The molecule has 3 aliphatic rings. The van der Waals surface area contributed by atoms with Crippen molar-refractivity contribution >= 4 is 16.9 Å². The number of benzene rings is 1. The van der Waals surface area contributed by atoms with E-state index in [1.54, 1.807) is 7.11 Å². The average Bonchev–Trinajstić information content (AvgIpc) is 2.75. The quantitative estimate of drug-likeness (QED) is 0.389. The molecule has 0 spiro atoms. The number of quaternary nitrogens is 1. The third-order valence-electron chi connectivity index (χ3n) is 7.55. The number of fused-ring (bicyclic) bond motifs is 4. The van der Waals surface area contributed by atoms with Gasteiger partial charge in [0.25, 0.3) is 0 Å². The molecule has 0 saturated carbocycles. The maximum atomic E-state index is 12.7. The van der Waals surface area contributed by atoms with E-state index in [1.807, 2.05) is 31.3 Å². The van der Waals surface area contributed by atoms with Gasteiger partial charge in [0.2, 0.25) is 0 Å². The highest BCUT2D eigenvalue weighted by Gasteiger charge is 2.59. The van der Waals surface area contributed by atoms with E-state index in [1.165, 1.54) is 0 Å². The molecular weight excluding hydrogens is 376 g/mol. The van der Waals surface area contributed by atoms with Gasteiger partial charge in [0, 0.05) is 36.9 Å². The molecule has 3 aliphatic heterocycles. The topological polar surface area (TPSA) is 48.4 Å². The van der Waals surface area contributed by atoms with Gasteiger partial charge in [0.15, 0.2) is 6.54 Å². The number of carbonyl (C=O) groups excluding carboxylic acids is 1. The van der Waals surface area contributed by atoms with Crippen LogP contribution in [0.4, 0.5) is 0 Å². The molecule has 5 heteroatoms. The van der Waals surface area contributed by atoms with Crippen LogP contribution in [0, 0.1) is 11.3 Å². The maximum Gasteiger partial charge on any atom is 0.361 e. The molecule has 0 aliphatic carbocycles. The average molecular weight is 410 g/mol. The molecule has 4 heterocycles. The molecule has 3 saturated heterocycles. The lowest BCUT2D eigenvalue weighted by molar-refractivity contribution is -0.970. The number of esters is 1. The van der Waals surface area contributed by atoms with Crippen molar-refractivity contribution in [3.8, 4) is 0 Å². The van der Waals surface area contributed by atoms with E-state index < -0.39 is 0 Å². The van der Waals surface area contributed by atoms with Gasteiger partial charge in [-0.2, -0.15) is 0 Å². The first kappa shape index (κ1) is 21.0. The third-order valence-corrected chi connectivity index (χ3v) is 7.55. The molecule has 5 atom stereocenters. The monoisotopic (exact) mass is 409 g/mol. The zero-order valence-electron chi connectivity index (χ0n) is 18.3. The first-order chi connectivity index (χ1) is 14.5. The van der Waals surface area contributed by atoms with Crippen molar-refractivity contribution < 1.29 is 18.8 Å². The molecule has 2 aromatic rings. The molecule has 2 bridgehead atoms. The fraction of sp³-hybridized carbons (Fsp3) is 0.520. The number of carbonyl (C=O) groups is 1. The minimum absolute atomic E-state index is 0.0276. The van der Waals surface area contributed by atoms with Gasteiger partial charge in [-0.25, -0.2) is 4.79 Å². The van der Waals surface area contributed by atoms with Crippen molar-refractivity contribution in [2.45, 2.75) is 38.8 Å². The molecule has 160 valence electrons. The van der Waals surface area contributed by atoms with Crippen LogP contribution in [0.2, 0.25) is 0 Å². The normalized spacial score (nSPS) is 31.4. The lowest BCUT2D eigenvalue weighted by atomic mass is 9.63. The third kappa shape index (κ3) is 3.44. The smallest absolute Gasteiger partial charge is 0.361 e. The van der Waals surface area contributed by atoms with E-state index in [0.29, 0.717) is 23.6 Å². The first-order valence-corrected chi connectivity index (χ1v) is 11.0. The number of hydrogen-bond acceptors (Lipinski definition) is 4. The van der Waals surface area contributed by atoms with Crippen LogP contribution in [-0.2, 0) is 14.3 Å². The van der Waals surface area contributed by atoms with Crippen LogP contribution in [0.1, 0.15) is 38.4 Å². The molecule has 0 amide bonds. The van der Waals surface area contributed by atoms with Crippen molar-refractivity contribution in [2.75, 3.05) is 33.4 Å². The Morgan fingerprint density at radius 3 is 2.93 bits per heavy atom. The Kier molecular flexibility index (Phi) is 5.69.